The third kappa shape index (κ3) is 4.40. The highest BCUT2D eigenvalue weighted by Gasteiger charge is 2.28. The number of pyridine rings is 1. The molecule has 0 aliphatic carbocycles. The molecule has 1 saturated heterocycles. The fourth-order valence-corrected chi connectivity index (χ4v) is 3.83. The summed E-state index contributed by atoms with van der Waals surface area (Å²) in [7, 11) is 0. The van der Waals surface area contributed by atoms with Crippen LogP contribution in [0.2, 0.25) is 0 Å². The Bertz CT molecular complexity index is 1100. The van der Waals surface area contributed by atoms with Crippen molar-refractivity contribution in [1.82, 2.24) is 19.7 Å². The number of aromatic nitrogens is 3. The van der Waals surface area contributed by atoms with Crippen molar-refractivity contribution in [2.75, 3.05) is 13.1 Å². The van der Waals surface area contributed by atoms with Crippen molar-refractivity contribution in [3.63, 3.8) is 0 Å². The van der Waals surface area contributed by atoms with Gasteiger partial charge in [0.15, 0.2) is 0 Å². The minimum Gasteiger partial charge on any atom is -0.487 e. The van der Waals surface area contributed by atoms with E-state index >= 15 is 0 Å². The molecule has 0 radical (unpaired) electrons. The van der Waals surface area contributed by atoms with E-state index in [1.54, 1.807) is 48.0 Å². The molecular formula is C22H23N5O4. The number of nitrogens with zero attached hydrogens (tertiary/aromatic N) is 5. The van der Waals surface area contributed by atoms with Crippen LogP contribution < -0.4 is 4.74 Å². The topological polar surface area (TPSA) is 103 Å². The van der Waals surface area contributed by atoms with Gasteiger partial charge < -0.3 is 9.64 Å². The van der Waals surface area contributed by atoms with Crippen LogP contribution in [0.25, 0.3) is 0 Å². The van der Waals surface area contributed by atoms with E-state index in [2.05, 4.69) is 10.1 Å². The number of rotatable bonds is 6. The summed E-state index contributed by atoms with van der Waals surface area (Å²) in [5.41, 5.74) is 2.47. The fourth-order valence-electron chi connectivity index (χ4n) is 3.83. The number of ether oxygens (including phenoxy) is 1. The first-order valence-corrected chi connectivity index (χ1v) is 10.1. The van der Waals surface area contributed by atoms with Gasteiger partial charge in [0.05, 0.1) is 24.2 Å². The summed E-state index contributed by atoms with van der Waals surface area (Å²) in [5, 5.41) is 15.4. The second-order valence-corrected chi connectivity index (χ2v) is 7.60. The Kier molecular flexibility index (Phi) is 5.66. The van der Waals surface area contributed by atoms with Gasteiger partial charge in [0.25, 0.3) is 5.91 Å². The van der Waals surface area contributed by atoms with Gasteiger partial charge in [-0.2, -0.15) is 5.10 Å². The first kappa shape index (κ1) is 20.5. The normalized spacial score (nSPS) is 15.8. The van der Waals surface area contributed by atoms with Crippen molar-refractivity contribution in [3.8, 4) is 5.75 Å². The molecule has 4 rings (SSSR count). The number of likely N-dealkylation sites (tertiary alicyclic amines) is 1. The maximum absolute atomic E-state index is 12.9. The van der Waals surface area contributed by atoms with E-state index in [0.29, 0.717) is 42.3 Å². The third-order valence-electron chi connectivity index (χ3n) is 5.43. The van der Waals surface area contributed by atoms with E-state index < -0.39 is 4.92 Å². The molecule has 31 heavy (non-hydrogen) atoms. The van der Waals surface area contributed by atoms with Gasteiger partial charge in [0, 0.05) is 24.7 Å². The van der Waals surface area contributed by atoms with E-state index in [9.17, 15) is 14.9 Å². The van der Waals surface area contributed by atoms with Crippen LogP contribution in [0, 0.1) is 24.0 Å². The van der Waals surface area contributed by atoms with Crippen molar-refractivity contribution in [3.05, 3.63) is 81.4 Å². The molecule has 0 spiro atoms. The summed E-state index contributed by atoms with van der Waals surface area (Å²) >= 11 is 0. The molecule has 3 heterocycles. The van der Waals surface area contributed by atoms with Gasteiger partial charge in [-0.25, -0.2) is 0 Å². The molecule has 0 N–H and O–H groups in total. The highest BCUT2D eigenvalue weighted by atomic mass is 16.6. The zero-order valence-electron chi connectivity index (χ0n) is 17.4. The lowest BCUT2D eigenvalue weighted by Gasteiger charge is -2.17. The van der Waals surface area contributed by atoms with Crippen molar-refractivity contribution in [2.24, 2.45) is 0 Å². The number of carbonyl (C=O) groups excluding carboxylic acids is 1. The van der Waals surface area contributed by atoms with Crippen LogP contribution in [0.15, 0.2) is 48.8 Å². The minimum atomic E-state index is -0.405. The maximum atomic E-state index is 12.9. The van der Waals surface area contributed by atoms with Gasteiger partial charge >= 0.3 is 5.69 Å². The first-order valence-electron chi connectivity index (χ1n) is 10.1. The molecule has 1 aromatic carbocycles. The zero-order valence-corrected chi connectivity index (χ0v) is 17.4. The monoisotopic (exact) mass is 421 g/mol. The lowest BCUT2D eigenvalue weighted by molar-refractivity contribution is -0.386. The van der Waals surface area contributed by atoms with Gasteiger partial charge in [0.2, 0.25) is 0 Å². The lowest BCUT2D eigenvalue weighted by atomic mass is 10.1. The van der Waals surface area contributed by atoms with Crippen molar-refractivity contribution < 1.29 is 14.5 Å². The second kappa shape index (κ2) is 8.55. The molecule has 9 nitrogen and oxygen atoms in total. The Morgan fingerprint density at radius 3 is 2.68 bits per heavy atom. The molecule has 1 fully saturated rings. The highest BCUT2D eigenvalue weighted by molar-refractivity contribution is 5.94. The number of nitro groups is 1. The van der Waals surface area contributed by atoms with Crippen molar-refractivity contribution >= 4 is 11.6 Å². The molecule has 1 atom stereocenters. The number of amides is 1. The number of aryl methyl sites for hydroxylation is 1. The van der Waals surface area contributed by atoms with Crippen LogP contribution in [-0.2, 0) is 6.54 Å². The Labute approximate surface area is 179 Å². The second-order valence-electron chi connectivity index (χ2n) is 7.60. The summed E-state index contributed by atoms with van der Waals surface area (Å²) in [4.78, 5) is 29.5. The minimum absolute atomic E-state index is 0.0365. The number of hydrogen-bond acceptors (Lipinski definition) is 6. The first-order chi connectivity index (χ1) is 14.9. The van der Waals surface area contributed by atoms with Crippen LogP contribution in [0.4, 0.5) is 5.69 Å². The van der Waals surface area contributed by atoms with Crippen LogP contribution in [0.3, 0.4) is 0 Å². The molecule has 1 aliphatic rings. The van der Waals surface area contributed by atoms with E-state index in [-0.39, 0.29) is 17.7 Å². The molecule has 2 aromatic heterocycles. The third-order valence-corrected chi connectivity index (χ3v) is 5.43. The molecule has 1 amide bonds. The van der Waals surface area contributed by atoms with E-state index in [1.807, 2.05) is 24.3 Å². The Morgan fingerprint density at radius 1 is 1.26 bits per heavy atom. The van der Waals surface area contributed by atoms with Crippen LogP contribution in [-0.4, -0.2) is 49.7 Å². The lowest BCUT2D eigenvalue weighted by Crippen LogP contribution is -2.30. The molecule has 3 aromatic rings. The van der Waals surface area contributed by atoms with Gasteiger partial charge in [-0.05, 0) is 43.7 Å². The fraction of sp³-hybridized carbons (Fsp3) is 0.318. The number of hydrogen-bond donors (Lipinski definition) is 0. The van der Waals surface area contributed by atoms with Crippen molar-refractivity contribution in [2.45, 2.75) is 32.9 Å². The summed E-state index contributed by atoms with van der Waals surface area (Å²) in [5.74, 6) is 0.668. The zero-order chi connectivity index (χ0) is 22.0. The molecule has 0 bridgehead atoms. The molecule has 0 saturated carbocycles. The summed E-state index contributed by atoms with van der Waals surface area (Å²) in [6.07, 6.45) is 4.09. The number of benzene rings is 1. The SMILES string of the molecule is Cc1nn(Cc2ccc(C(=O)N3CC[C@H](Oc4cccnc4)C3)cc2)c(C)c1[N+](=O)[O-]. The van der Waals surface area contributed by atoms with E-state index in [0.717, 1.165) is 12.0 Å². The molecule has 1 aliphatic heterocycles. The largest absolute Gasteiger partial charge is 0.487 e. The molecule has 9 heteroatoms. The van der Waals surface area contributed by atoms with Crippen LogP contribution in [0.5, 0.6) is 5.75 Å². The average Bonchev–Trinajstić information content (AvgIpc) is 3.33. The Hall–Kier alpha value is -3.75. The molecule has 160 valence electrons. The maximum Gasteiger partial charge on any atom is 0.312 e. The highest BCUT2D eigenvalue weighted by Crippen LogP contribution is 2.23. The Morgan fingerprint density at radius 2 is 2.03 bits per heavy atom. The van der Waals surface area contributed by atoms with Crippen LogP contribution in [0.1, 0.15) is 33.7 Å². The quantitative estimate of drug-likeness (QED) is 0.447. The summed E-state index contributed by atoms with van der Waals surface area (Å²) in [6.45, 7) is 4.89. The van der Waals surface area contributed by atoms with Crippen LogP contribution >= 0.6 is 0 Å². The summed E-state index contributed by atoms with van der Waals surface area (Å²) in [6, 6.07) is 11.0. The smallest absolute Gasteiger partial charge is 0.312 e. The molecular weight excluding hydrogens is 398 g/mol. The van der Waals surface area contributed by atoms with Crippen molar-refractivity contribution in [1.29, 1.82) is 0 Å². The Balaban J connectivity index is 1.39. The molecule has 0 unspecified atom stereocenters. The van der Waals surface area contributed by atoms with Gasteiger partial charge in [-0.1, -0.05) is 12.1 Å². The van der Waals surface area contributed by atoms with Gasteiger partial charge in [0.1, 0.15) is 23.2 Å². The van der Waals surface area contributed by atoms with E-state index in [1.165, 1.54) is 0 Å². The average molecular weight is 421 g/mol. The number of carbonyl (C=O) groups is 1. The van der Waals surface area contributed by atoms with Gasteiger partial charge in [-0.3, -0.25) is 24.6 Å². The standard InChI is InChI=1S/C22H23N5O4/c1-15-21(27(29)30)16(2)26(24-15)13-17-5-7-18(8-6-17)22(28)25-11-9-20(14-25)31-19-4-3-10-23-12-19/h3-8,10,12,20H,9,11,13-14H2,1-2H3/t20-/m0/s1. The van der Waals surface area contributed by atoms with E-state index in [4.69, 9.17) is 4.74 Å². The predicted molar refractivity (Wildman–Crippen MR) is 113 cm³/mol. The van der Waals surface area contributed by atoms with Gasteiger partial charge in [-0.15, -0.1) is 0 Å². The summed E-state index contributed by atoms with van der Waals surface area (Å²) < 4.78 is 7.52. The predicted octanol–water partition coefficient (Wildman–Crippen LogP) is 3.14.